The van der Waals surface area contributed by atoms with Crippen LogP contribution in [0.2, 0.25) is 0 Å². The highest BCUT2D eigenvalue weighted by Crippen LogP contribution is 2.50. The Hall–Kier alpha value is -2.50. The summed E-state index contributed by atoms with van der Waals surface area (Å²) in [7, 11) is 1.57. The van der Waals surface area contributed by atoms with E-state index in [1.807, 2.05) is 12.1 Å². The first-order chi connectivity index (χ1) is 11.7. The van der Waals surface area contributed by atoms with Gasteiger partial charge < -0.3 is 24.8 Å². The van der Waals surface area contributed by atoms with Crippen molar-refractivity contribution in [3.63, 3.8) is 0 Å². The van der Waals surface area contributed by atoms with E-state index in [9.17, 15) is 10.2 Å². The molecule has 0 spiro atoms. The quantitative estimate of drug-likeness (QED) is 0.786. The van der Waals surface area contributed by atoms with Gasteiger partial charge >= 0.3 is 0 Å². The van der Waals surface area contributed by atoms with Gasteiger partial charge in [0.15, 0.2) is 11.5 Å². The van der Waals surface area contributed by atoms with Gasteiger partial charge in [-0.15, -0.1) is 0 Å². The lowest BCUT2D eigenvalue weighted by Crippen LogP contribution is -2.13. The van der Waals surface area contributed by atoms with Gasteiger partial charge in [0, 0.05) is 5.56 Å². The molecule has 2 aromatic carbocycles. The Labute approximate surface area is 140 Å². The maximum Gasteiger partial charge on any atom is 0.165 e. The summed E-state index contributed by atoms with van der Waals surface area (Å²) in [6.45, 7) is -0.121. The molecule has 3 rings (SSSR count). The minimum atomic E-state index is -0.350. The molecule has 0 aromatic heterocycles. The van der Waals surface area contributed by atoms with Gasteiger partial charge in [-0.25, -0.2) is 0 Å². The van der Waals surface area contributed by atoms with Gasteiger partial charge in [0.05, 0.1) is 26.2 Å². The topological polar surface area (TPSA) is 79.2 Å². The van der Waals surface area contributed by atoms with Crippen LogP contribution in [0.4, 0.5) is 0 Å². The standard InChI is InChI=1S/C19H20O5/c1-23-17-10-12(3-2-8-20)9-15-16(11-21)18(24-19(15)17)13-4-6-14(22)7-5-13/h2-7,9-10,16,18,20-22H,8,11H2,1H3. The van der Waals surface area contributed by atoms with Crippen molar-refractivity contribution in [2.45, 2.75) is 12.0 Å². The molecule has 0 amide bonds. The first kappa shape index (κ1) is 16.4. The molecular weight excluding hydrogens is 308 g/mol. The predicted octanol–water partition coefficient (Wildman–Crippen LogP) is 2.62. The van der Waals surface area contributed by atoms with Gasteiger partial charge in [-0.2, -0.15) is 0 Å². The average molecular weight is 328 g/mol. The van der Waals surface area contributed by atoms with Crippen LogP contribution in [0.15, 0.2) is 42.5 Å². The van der Waals surface area contributed by atoms with Crippen molar-refractivity contribution in [1.82, 2.24) is 0 Å². The van der Waals surface area contributed by atoms with Crippen LogP contribution in [0.5, 0.6) is 17.2 Å². The number of ether oxygens (including phenoxy) is 2. The van der Waals surface area contributed by atoms with E-state index in [4.69, 9.17) is 14.6 Å². The number of fused-ring (bicyclic) bond motifs is 1. The van der Waals surface area contributed by atoms with Crippen LogP contribution < -0.4 is 9.47 Å². The van der Waals surface area contributed by atoms with Crippen molar-refractivity contribution in [3.05, 3.63) is 59.2 Å². The Kier molecular flexibility index (Phi) is 4.74. The van der Waals surface area contributed by atoms with Crippen LogP contribution in [-0.4, -0.2) is 35.6 Å². The molecule has 24 heavy (non-hydrogen) atoms. The molecule has 3 N–H and O–H groups in total. The number of aromatic hydroxyl groups is 1. The van der Waals surface area contributed by atoms with Crippen molar-refractivity contribution in [3.8, 4) is 17.2 Å². The molecule has 2 aromatic rings. The number of phenols is 1. The third kappa shape index (κ3) is 2.96. The average Bonchev–Trinajstić information content (AvgIpc) is 2.98. The number of methoxy groups -OCH3 is 1. The van der Waals surface area contributed by atoms with E-state index < -0.39 is 0 Å². The molecule has 0 saturated heterocycles. The summed E-state index contributed by atoms with van der Waals surface area (Å²) in [6, 6.07) is 10.5. The van der Waals surface area contributed by atoms with Crippen molar-refractivity contribution in [2.75, 3.05) is 20.3 Å². The molecular formula is C19H20O5. The van der Waals surface area contributed by atoms with Gasteiger partial charge in [-0.05, 0) is 35.4 Å². The highest BCUT2D eigenvalue weighted by Gasteiger charge is 2.37. The maximum atomic E-state index is 9.90. The second-order valence-electron chi connectivity index (χ2n) is 5.65. The second-order valence-corrected chi connectivity index (χ2v) is 5.65. The predicted molar refractivity (Wildman–Crippen MR) is 90.4 cm³/mol. The fourth-order valence-corrected chi connectivity index (χ4v) is 3.01. The molecule has 5 heteroatoms. The molecule has 0 aliphatic carbocycles. The number of rotatable bonds is 5. The summed E-state index contributed by atoms with van der Waals surface area (Å²) in [4.78, 5) is 0. The zero-order chi connectivity index (χ0) is 17.1. The van der Waals surface area contributed by atoms with E-state index in [0.29, 0.717) is 11.5 Å². The van der Waals surface area contributed by atoms with Crippen LogP contribution in [0.3, 0.4) is 0 Å². The Morgan fingerprint density at radius 2 is 1.92 bits per heavy atom. The first-order valence-corrected chi connectivity index (χ1v) is 7.73. The lowest BCUT2D eigenvalue weighted by atomic mass is 9.90. The van der Waals surface area contributed by atoms with Crippen LogP contribution in [0, 0.1) is 0 Å². The SMILES string of the molecule is COc1cc(C=CCO)cc2c1OC(c1ccc(O)cc1)C2CO. The molecule has 0 fully saturated rings. The lowest BCUT2D eigenvalue weighted by Gasteiger charge is -2.17. The van der Waals surface area contributed by atoms with Crippen LogP contribution in [-0.2, 0) is 0 Å². The van der Waals surface area contributed by atoms with Gasteiger partial charge in [-0.1, -0.05) is 24.3 Å². The normalized spacial score (nSPS) is 19.3. The molecule has 2 unspecified atom stereocenters. The van der Waals surface area contributed by atoms with Gasteiger partial charge in [-0.3, -0.25) is 0 Å². The van der Waals surface area contributed by atoms with Crippen molar-refractivity contribution in [1.29, 1.82) is 0 Å². The molecule has 5 nitrogen and oxygen atoms in total. The molecule has 1 aliphatic rings. The minimum Gasteiger partial charge on any atom is -0.508 e. The summed E-state index contributed by atoms with van der Waals surface area (Å²) < 4.78 is 11.5. The van der Waals surface area contributed by atoms with E-state index in [1.165, 1.54) is 0 Å². The van der Waals surface area contributed by atoms with E-state index in [1.54, 1.807) is 43.5 Å². The lowest BCUT2D eigenvalue weighted by molar-refractivity contribution is 0.157. The van der Waals surface area contributed by atoms with E-state index in [-0.39, 0.29) is 31.0 Å². The maximum absolute atomic E-state index is 9.90. The number of hydrogen-bond donors (Lipinski definition) is 3. The molecule has 126 valence electrons. The van der Waals surface area contributed by atoms with Crippen molar-refractivity contribution >= 4 is 6.08 Å². The van der Waals surface area contributed by atoms with Gasteiger partial charge in [0.1, 0.15) is 11.9 Å². The molecule has 0 bridgehead atoms. The summed E-state index contributed by atoms with van der Waals surface area (Å²) in [5.74, 6) is 1.16. The van der Waals surface area contributed by atoms with E-state index in [0.717, 1.165) is 16.7 Å². The summed E-state index contributed by atoms with van der Waals surface area (Å²) in [5, 5.41) is 28.3. The van der Waals surface area contributed by atoms with Crippen molar-refractivity contribution < 1.29 is 24.8 Å². The Morgan fingerprint density at radius 3 is 2.54 bits per heavy atom. The Morgan fingerprint density at radius 1 is 1.17 bits per heavy atom. The molecule has 0 radical (unpaired) electrons. The van der Waals surface area contributed by atoms with Gasteiger partial charge in [0.25, 0.3) is 0 Å². The number of aliphatic hydroxyl groups is 2. The molecule has 1 heterocycles. The fraction of sp³-hybridized carbons (Fsp3) is 0.263. The van der Waals surface area contributed by atoms with Crippen LogP contribution >= 0.6 is 0 Å². The largest absolute Gasteiger partial charge is 0.508 e. The Bertz CT molecular complexity index is 736. The molecule has 2 atom stereocenters. The van der Waals surface area contributed by atoms with Crippen LogP contribution in [0.25, 0.3) is 6.08 Å². The number of benzene rings is 2. The fourth-order valence-electron chi connectivity index (χ4n) is 3.01. The highest BCUT2D eigenvalue weighted by molar-refractivity contribution is 5.62. The minimum absolute atomic E-state index is 0.0462. The zero-order valence-corrected chi connectivity index (χ0v) is 13.3. The zero-order valence-electron chi connectivity index (χ0n) is 13.3. The molecule has 0 saturated carbocycles. The highest BCUT2D eigenvalue weighted by atomic mass is 16.5. The van der Waals surface area contributed by atoms with E-state index >= 15 is 0 Å². The summed E-state index contributed by atoms with van der Waals surface area (Å²) in [6.07, 6.45) is 3.09. The third-order valence-electron chi connectivity index (χ3n) is 4.17. The number of hydrogen-bond acceptors (Lipinski definition) is 5. The first-order valence-electron chi connectivity index (χ1n) is 7.73. The van der Waals surface area contributed by atoms with Crippen molar-refractivity contribution in [2.24, 2.45) is 0 Å². The third-order valence-corrected chi connectivity index (χ3v) is 4.17. The second kappa shape index (κ2) is 6.95. The number of aliphatic hydroxyl groups excluding tert-OH is 2. The Balaban J connectivity index is 2.03. The summed E-state index contributed by atoms with van der Waals surface area (Å²) in [5.41, 5.74) is 2.61. The smallest absolute Gasteiger partial charge is 0.165 e. The van der Waals surface area contributed by atoms with E-state index in [2.05, 4.69) is 0 Å². The van der Waals surface area contributed by atoms with Crippen LogP contribution in [0.1, 0.15) is 28.7 Å². The monoisotopic (exact) mass is 328 g/mol. The molecule has 1 aliphatic heterocycles. The summed E-state index contributed by atoms with van der Waals surface area (Å²) >= 11 is 0. The number of phenolic OH excluding ortho intramolecular Hbond substituents is 1. The van der Waals surface area contributed by atoms with Gasteiger partial charge in [0.2, 0.25) is 0 Å².